The molecule has 8 heteroatoms. The molecular formula is C31H24ClNO6. The molecule has 196 valence electrons. The van der Waals surface area contributed by atoms with Gasteiger partial charge in [-0.25, -0.2) is 0 Å². The summed E-state index contributed by atoms with van der Waals surface area (Å²) in [6, 6.07) is 26.0. The quantitative estimate of drug-likeness (QED) is 0.310. The molecule has 2 aliphatic rings. The minimum absolute atomic E-state index is 0.308. The molecule has 0 bridgehead atoms. The van der Waals surface area contributed by atoms with E-state index in [4.69, 9.17) is 25.8 Å². The topological polar surface area (TPSA) is 85.3 Å². The summed E-state index contributed by atoms with van der Waals surface area (Å²) < 4.78 is 17.4. The Kier molecular flexibility index (Phi) is 6.59. The molecule has 4 aromatic rings. The Balaban J connectivity index is 1.43. The number of nitrogens with zero attached hydrogens (tertiary/aromatic N) is 1. The number of anilines is 1. The number of hydrogen-bond donors (Lipinski definition) is 1. The minimum atomic E-state index is -1.05. The fourth-order valence-electron chi connectivity index (χ4n) is 5.16. The lowest BCUT2D eigenvalue weighted by atomic mass is 9.79. The molecule has 0 unspecified atom stereocenters. The second-order valence-corrected chi connectivity index (χ2v) is 9.72. The van der Waals surface area contributed by atoms with Crippen LogP contribution in [0, 0.1) is 0 Å². The van der Waals surface area contributed by atoms with E-state index in [9.17, 15) is 14.7 Å². The van der Waals surface area contributed by atoms with E-state index in [2.05, 4.69) is 0 Å². The summed E-state index contributed by atoms with van der Waals surface area (Å²) in [5.74, 6) is -0.856. The second kappa shape index (κ2) is 10.3. The molecule has 1 N–H and O–H groups in total. The van der Waals surface area contributed by atoms with Crippen LogP contribution in [0.5, 0.6) is 17.2 Å². The van der Waals surface area contributed by atoms with Crippen molar-refractivity contribution in [1.82, 2.24) is 0 Å². The molecule has 0 spiro atoms. The maximum Gasteiger partial charge on any atom is 0.313 e. The molecule has 2 aliphatic heterocycles. The maximum absolute atomic E-state index is 14.0. The first-order valence-electron chi connectivity index (χ1n) is 12.5. The van der Waals surface area contributed by atoms with Crippen LogP contribution in [-0.2, 0) is 11.4 Å². The Morgan fingerprint density at radius 1 is 0.923 bits per heavy atom. The number of amides is 1. The van der Waals surface area contributed by atoms with Crippen molar-refractivity contribution in [2.75, 3.05) is 18.1 Å². The van der Waals surface area contributed by atoms with E-state index in [1.807, 2.05) is 30.3 Å². The maximum atomic E-state index is 14.0. The van der Waals surface area contributed by atoms with Gasteiger partial charge < -0.3 is 19.3 Å². The van der Waals surface area contributed by atoms with Gasteiger partial charge in [-0.2, -0.15) is 0 Å². The summed E-state index contributed by atoms with van der Waals surface area (Å²) in [4.78, 5) is 28.2. The minimum Gasteiger partial charge on any atom is -0.487 e. The number of halogens is 1. The molecule has 0 radical (unpaired) electrons. The second-order valence-electron chi connectivity index (χ2n) is 9.32. The third kappa shape index (κ3) is 4.66. The van der Waals surface area contributed by atoms with Crippen LogP contribution >= 0.6 is 11.6 Å². The van der Waals surface area contributed by atoms with Gasteiger partial charge in [0.05, 0.1) is 11.1 Å². The van der Waals surface area contributed by atoms with E-state index in [1.165, 1.54) is 4.90 Å². The van der Waals surface area contributed by atoms with Crippen LogP contribution in [0.1, 0.15) is 39.0 Å². The molecule has 7 nitrogen and oxygen atoms in total. The van der Waals surface area contributed by atoms with Gasteiger partial charge in [0.25, 0.3) is 5.91 Å². The highest BCUT2D eigenvalue weighted by Gasteiger charge is 2.45. The SMILES string of the molecule is O=C(O)[C@H]1c2ccccc2C(=O)N(c2ccc(OCc3ccccc3)c(Cl)c2)[C@@H]1c1ccc2c(c1)OCCO2. The number of fused-ring (bicyclic) bond motifs is 2. The van der Waals surface area contributed by atoms with Gasteiger partial charge >= 0.3 is 5.97 Å². The van der Waals surface area contributed by atoms with Gasteiger partial charge in [0.2, 0.25) is 0 Å². The summed E-state index contributed by atoms with van der Waals surface area (Å²) in [6.45, 7) is 1.15. The standard InChI is InChI=1S/C31H24ClNO6/c32-24-17-21(11-13-25(24)39-18-19-6-2-1-3-7-19)33-29(20-10-12-26-27(16-20)38-15-14-37-26)28(31(35)36)22-8-4-5-9-23(22)30(33)34/h1-13,16-17,28-29H,14-15,18H2,(H,35,36)/t28-,29+/m0/s1. The highest BCUT2D eigenvalue weighted by Crippen LogP contribution is 2.47. The van der Waals surface area contributed by atoms with Crippen molar-refractivity contribution >= 4 is 29.2 Å². The lowest BCUT2D eigenvalue weighted by Gasteiger charge is -2.41. The van der Waals surface area contributed by atoms with Gasteiger partial charge in [0, 0.05) is 11.3 Å². The monoisotopic (exact) mass is 541 g/mol. The van der Waals surface area contributed by atoms with E-state index in [0.29, 0.717) is 64.5 Å². The number of carbonyl (C=O) groups excluding carboxylic acids is 1. The van der Waals surface area contributed by atoms with Gasteiger partial charge in [0.15, 0.2) is 11.5 Å². The molecule has 1 amide bonds. The first-order chi connectivity index (χ1) is 19.0. The van der Waals surface area contributed by atoms with Crippen molar-refractivity contribution in [3.8, 4) is 17.2 Å². The normalized spacial score (nSPS) is 17.9. The van der Waals surface area contributed by atoms with E-state index < -0.39 is 17.9 Å². The van der Waals surface area contributed by atoms with Gasteiger partial charge in [0.1, 0.15) is 31.5 Å². The first-order valence-corrected chi connectivity index (χ1v) is 12.9. The predicted octanol–water partition coefficient (Wildman–Crippen LogP) is 6.26. The van der Waals surface area contributed by atoms with Crippen LogP contribution in [-0.4, -0.2) is 30.2 Å². The lowest BCUT2D eigenvalue weighted by molar-refractivity contribution is -0.139. The van der Waals surface area contributed by atoms with Crippen molar-refractivity contribution in [3.63, 3.8) is 0 Å². The molecule has 2 atom stereocenters. The third-order valence-electron chi connectivity index (χ3n) is 6.94. The number of ether oxygens (including phenoxy) is 3. The Hall–Kier alpha value is -4.49. The van der Waals surface area contributed by atoms with Crippen molar-refractivity contribution in [2.45, 2.75) is 18.6 Å². The van der Waals surface area contributed by atoms with Crippen LogP contribution in [0.3, 0.4) is 0 Å². The number of hydrogen-bond acceptors (Lipinski definition) is 5. The summed E-state index contributed by atoms with van der Waals surface area (Å²) >= 11 is 6.63. The van der Waals surface area contributed by atoms with E-state index >= 15 is 0 Å². The van der Waals surface area contributed by atoms with E-state index in [1.54, 1.807) is 60.7 Å². The zero-order valence-electron chi connectivity index (χ0n) is 20.7. The van der Waals surface area contributed by atoms with Gasteiger partial charge in [-0.3, -0.25) is 14.5 Å². The number of benzene rings is 4. The van der Waals surface area contributed by atoms with Crippen LogP contribution in [0.15, 0.2) is 91.0 Å². The van der Waals surface area contributed by atoms with Crippen LogP contribution in [0.4, 0.5) is 5.69 Å². The summed E-state index contributed by atoms with van der Waals surface area (Å²) in [5.41, 5.74) is 2.84. The Morgan fingerprint density at radius 3 is 2.44 bits per heavy atom. The van der Waals surface area contributed by atoms with Crippen LogP contribution < -0.4 is 19.1 Å². The zero-order chi connectivity index (χ0) is 26.9. The highest BCUT2D eigenvalue weighted by atomic mass is 35.5. The lowest BCUT2D eigenvalue weighted by Crippen LogP contribution is -2.45. The molecule has 0 aliphatic carbocycles. The molecule has 0 fully saturated rings. The van der Waals surface area contributed by atoms with E-state index in [-0.39, 0.29) is 5.91 Å². The fraction of sp³-hybridized carbons (Fsp3) is 0.161. The molecule has 2 heterocycles. The number of carboxylic acid groups (broad SMARTS) is 1. The number of rotatable bonds is 6. The first kappa shape index (κ1) is 24.8. The van der Waals surface area contributed by atoms with E-state index in [0.717, 1.165) is 5.56 Å². The predicted molar refractivity (Wildman–Crippen MR) is 146 cm³/mol. The number of aliphatic carboxylic acids is 1. The Bertz CT molecular complexity index is 1560. The number of carbonyl (C=O) groups is 2. The molecule has 6 rings (SSSR count). The fourth-order valence-corrected chi connectivity index (χ4v) is 5.39. The summed E-state index contributed by atoms with van der Waals surface area (Å²) in [6.07, 6.45) is 0. The van der Waals surface area contributed by atoms with Crippen LogP contribution in [0.2, 0.25) is 5.02 Å². The van der Waals surface area contributed by atoms with Crippen molar-refractivity contribution in [1.29, 1.82) is 0 Å². The largest absolute Gasteiger partial charge is 0.487 e. The van der Waals surface area contributed by atoms with Crippen LogP contribution in [0.25, 0.3) is 0 Å². The van der Waals surface area contributed by atoms with Crippen molar-refractivity contribution < 1.29 is 28.9 Å². The molecular weight excluding hydrogens is 518 g/mol. The van der Waals surface area contributed by atoms with Gasteiger partial charge in [-0.15, -0.1) is 0 Å². The average molecular weight is 542 g/mol. The molecule has 4 aromatic carbocycles. The molecule has 0 saturated carbocycles. The van der Waals surface area contributed by atoms with Gasteiger partial charge in [-0.1, -0.05) is 66.2 Å². The van der Waals surface area contributed by atoms with Crippen molar-refractivity contribution in [2.24, 2.45) is 0 Å². The average Bonchev–Trinajstić information content (AvgIpc) is 2.96. The Labute approximate surface area is 230 Å². The zero-order valence-corrected chi connectivity index (χ0v) is 21.5. The molecule has 0 aromatic heterocycles. The summed E-state index contributed by atoms with van der Waals surface area (Å²) in [5, 5.41) is 10.8. The Morgan fingerprint density at radius 2 is 1.67 bits per heavy atom. The summed E-state index contributed by atoms with van der Waals surface area (Å²) in [7, 11) is 0. The molecule has 39 heavy (non-hydrogen) atoms. The number of carboxylic acids is 1. The highest BCUT2D eigenvalue weighted by molar-refractivity contribution is 6.32. The molecule has 0 saturated heterocycles. The van der Waals surface area contributed by atoms with Gasteiger partial charge in [-0.05, 0) is 53.1 Å². The van der Waals surface area contributed by atoms with Crippen molar-refractivity contribution in [3.05, 3.63) is 118 Å². The third-order valence-corrected chi connectivity index (χ3v) is 7.24. The smallest absolute Gasteiger partial charge is 0.313 e.